The Bertz CT molecular complexity index is 1160. The van der Waals surface area contributed by atoms with Crippen LogP contribution in [0.5, 0.6) is 0 Å². The number of rotatable bonds is 3. The van der Waals surface area contributed by atoms with Crippen molar-refractivity contribution in [3.63, 3.8) is 0 Å². The third-order valence-electron chi connectivity index (χ3n) is 4.55. The summed E-state index contributed by atoms with van der Waals surface area (Å²) in [6.07, 6.45) is 1.92. The van der Waals surface area contributed by atoms with Gasteiger partial charge in [-0.2, -0.15) is 0 Å². The van der Waals surface area contributed by atoms with Gasteiger partial charge in [-0.1, -0.05) is 23.8 Å². The number of hydrogen-bond acceptors (Lipinski definition) is 3. The van der Waals surface area contributed by atoms with Crippen molar-refractivity contribution in [1.29, 1.82) is 0 Å². The third-order valence-corrected chi connectivity index (χ3v) is 4.55. The molecular weight excluding hydrogens is 339 g/mol. The van der Waals surface area contributed by atoms with Gasteiger partial charge in [-0.3, -0.25) is 4.40 Å². The minimum atomic E-state index is -0.235. The number of pyridine rings is 1. The Balaban J connectivity index is 1.90. The van der Waals surface area contributed by atoms with Gasteiger partial charge >= 0.3 is 0 Å². The molecule has 2 aromatic carbocycles. The van der Waals surface area contributed by atoms with Gasteiger partial charge in [-0.05, 0) is 68.3 Å². The first-order chi connectivity index (χ1) is 13.0. The van der Waals surface area contributed by atoms with E-state index in [1.165, 1.54) is 11.6 Å². The minimum Gasteiger partial charge on any atom is -0.282 e. The quantitative estimate of drug-likeness (QED) is 0.386. The highest BCUT2D eigenvalue weighted by Gasteiger charge is 2.16. The van der Waals surface area contributed by atoms with Gasteiger partial charge < -0.3 is 0 Å². The molecule has 0 aliphatic carbocycles. The average Bonchev–Trinajstić information content (AvgIpc) is 3.04. The predicted octanol–water partition coefficient (Wildman–Crippen LogP) is 6.48. The van der Waals surface area contributed by atoms with E-state index in [1.807, 2.05) is 60.8 Å². The van der Waals surface area contributed by atoms with Gasteiger partial charge in [0.25, 0.3) is 0 Å². The van der Waals surface area contributed by atoms with E-state index in [0.29, 0.717) is 17.1 Å². The summed E-state index contributed by atoms with van der Waals surface area (Å²) < 4.78 is 15.6. The fourth-order valence-corrected chi connectivity index (χ4v) is 2.99. The van der Waals surface area contributed by atoms with Crippen LogP contribution in [0.25, 0.3) is 16.9 Å². The zero-order chi connectivity index (χ0) is 19.0. The zero-order valence-corrected chi connectivity index (χ0v) is 15.4. The molecule has 0 radical (unpaired) electrons. The second-order valence-electron chi connectivity index (χ2n) is 6.67. The van der Waals surface area contributed by atoms with Gasteiger partial charge in [-0.25, -0.2) is 9.37 Å². The lowest BCUT2D eigenvalue weighted by Crippen LogP contribution is -1.86. The van der Waals surface area contributed by atoms with Crippen LogP contribution in [0.4, 0.5) is 15.9 Å². The molecule has 0 unspecified atom stereocenters. The molecule has 134 valence electrons. The second-order valence-corrected chi connectivity index (χ2v) is 6.67. The standard InChI is InChI=1S/C22H19FN4/c1-14-6-9-18(10-7-14)25-26-22-20(17-8-11-19(23)16(3)13-17)24-21-15(2)5-4-12-27(21)22/h4-13H,1-3H3. The molecule has 0 saturated heterocycles. The van der Waals surface area contributed by atoms with Gasteiger partial charge in [0, 0.05) is 11.8 Å². The smallest absolute Gasteiger partial charge is 0.187 e. The highest BCUT2D eigenvalue weighted by molar-refractivity contribution is 5.75. The van der Waals surface area contributed by atoms with Gasteiger partial charge in [0.05, 0.1) is 5.69 Å². The summed E-state index contributed by atoms with van der Waals surface area (Å²) >= 11 is 0. The van der Waals surface area contributed by atoms with Gasteiger partial charge in [0.15, 0.2) is 5.82 Å². The molecule has 0 spiro atoms. The molecule has 27 heavy (non-hydrogen) atoms. The number of benzene rings is 2. The van der Waals surface area contributed by atoms with E-state index in [2.05, 4.69) is 10.2 Å². The molecule has 4 aromatic rings. The number of aromatic nitrogens is 2. The van der Waals surface area contributed by atoms with Crippen molar-refractivity contribution in [3.05, 3.63) is 83.3 Å². The topological polar surface area (TPSA) is 42.0 Å². The molecule has 0 N–H and O–H groups in total. The fraction of sp³-hybridized carbons (Fsp3) is 0.136. The number of hydrogen-bond donors (Lipinski definition) is 0. The van der Waals surface area contributed by atoms with Crippen molar-refractivity contribution in [2.24, 2.45) is 10.2 Å². The minimum absolute atomic E-state index is 0.235. The molecule has 0 saturated carbocycles. The summed E-state index contributed by atoms with van der Waals surface area (Å²) in [6, 6.07) is 16.8. The van der Waals surface area contributed by atoms with Crippen LogP contribution in [0.3, 0.4) is 0 Å². The molecular formula is C22H19FN4. The molecule has 0 aliphatic heterocycles. The van der Waals surface area contributed by atoms with E-state index in [-0.39, 0.29) is 5.82 Å². The molecule has 0 amide bonds. The number of imidazole rings is 1. The van der Waals surface area contributed by atoms with Crippen LogP contribution in [-0.2, 0) is 0 Å². The maximum absolute atomic E-state index is 13.7. The summed E-state index contributed by atoms with van der Waals surface area (Å²) in [6.45, 7) is 5.78. The molecule has 0 bridgehead atoms. The molecule has 4 rings (SSSR count). The Morgan fingerprint density at radius 1 is 0.889 bits per heavy atom. The molecule has 4 nitrogen and oxygen atoms in total. The van der Waals surface area contributed by atoms with Crippen molar-refractivity contribution in [2.45, 2.75) is 20.8 Å². The second kappa shape index (κ2) is 6.76. The monoisotopic (exact) mass is 358 g/mol. The maximum Gasteiger partial charge on any atom is 0.187 e. The Hall–Kier alpha value is -3.34. The van der Waals surface area contributed by atoms with Crippen molar-refractivity contribution in [1.82, 2.24) is 9.38 Å². The molecule has 2 aromatic heterocycles. The predicted molar refractivity (Wildman–Crippen MR) is 105 cm³/mol. The molecule has 5 heteroatoms. The van der Waals surface area contributed by atoms with Gasteiger partial charge in [-0.15, -0.1) is 10.2 Å². The van der Waals surface area contributed by atoms with Gasteiger partial charge in [0.2, 0.25) is 0 Å². The normalized spacial score (nSPS) is 11.6. The lowest BCUT2D eigenvalue weighted by molar-refractivity contribution is 0.619. The molecule has 2 heterocycles. The Labute approximate surface area is 157 Å². The van der Waals surface area contributed by atoms with Crippen LogP contribution in [-0.4, -0.2) is 9.38 Å². The first-order valence-electron chi connectivity index (χ1n) is 8.75. The maximum atomic E-state index is 13.7. The summed E-state index contributed by atoms with van der Waals surface area (Å²) in [7, 11) is 0. The first kappa shape index (κ1) is 17.1. The first-order valence-corrected chi connectivity index (χ1v) is 8.75. The SMILES string of the molecule is Cc1ccc(N=Nc2c(-c3ccc(F)c(C)c3)nc3c(C)cccn23)cc1. The third kappa shape index (κ3) is 3.24. The molecule has 0 fully saturated rings. The highest BCUT2D eigenvalue weighted by Crippen LogP contribution is 2.33. The Kier molecular flexibility index (Phi) is 4.28. The summed E-state index contributed by atoms with van der Waals surface area (Å²) in [5.41, 5.74) is 5.86. The van der Waals surface area contributed by atoms with Gasteiger partial charge in [0.1, 0.15) is 17.2 Å². The van der Waals surface area contributed by atoms with Crippen LogP contribution in [0.15, 0.2) is 71.0 Å². The van der Waals surface area contributed by atoms with Crippen molar-refractivity contribution in [2.75, 3.05) is 0 Å². The van der Waals surface area contributed by atoms with Crippen LogP contribution in [0, 0.1) is 26.6 Å². The molecule has 0 atom stereocenters. The lowest BCUT2D eigenvalue weighted by atomic mass is 10.1. The summed E-state index contributed by atoms with van der Waals surface area (Å²) in [5, 5.41) is 8.88. The van der Waals surface area contributed by atoms with Crippen molar-refractivity contribution >= 4 is 17.2 Å². The Morgan fingerprint density at radius 3 is 2.41 bits per heavy atom. The zero-order valence-electron chi connectivity index (χ0n) is 15.4. The van der Waals surface area contributed by atoms with Crippen LogP contribution >= 0.6 is 0 Å². The fourth-order valence-electron chi connectivity index (χ4n) is 2.99. The van der Waals surface area contributed by atoms with Crippen LogP contribution < -0.4 is 0 Å². The average molecular weight is 358 g/mol. The largest absolute Gasteiger partial charge is 0.282 e. The van der Waals surface area contributed by atoms with E-state index in [9.17, 15) is 4.39 Å². The van der Waals surface area contributed by atoms with E-state index < -0.39 is 0 Å². The highest BCUT2D eigenvalue weighted by atomic mass is 19.1. The van der Waals surface area contributed by atoms with Crippen LogP contribution in [0.2, 0.25) is 0 Å². The number of nitrogens with zero attached hydrogens (tertiary/aromatic N) is 4. The number of azo groups is 1. The number of halogens is 1. The summed E-state index contributed by atoms with van der Waals surface area (Å²) in [4.78, 5) is 4.77. The number of aryl methyl sites for hydroxylation is 3. The lowest BCUT2D eigenvalue weighted by Gasteiger charge is -2.02. The van der Waals surface area contributed by atoms with E-state index in [4.69, 9.17) is 4.98 Å². The van der Waals surface area contributed by atoms with Crippen LogP contribution in [0.1, 0.15) is 16.7 Å². The van der Waals surface area contributed by atoms with E-state index >= 15 is 0 Å². The van der Waals surface area contributed by atoms with E-state index in [1.54, 1.807) is 19.1 Å². The van der Waals surface area contributed by atoms with Crippen molar-refractivity contribution in [3.8, 4) is 11.3 Å². The number of fused-ring (bicyclic) bond motifs is 1. The van der Waals surface area contributed by atoms with E-state index in [0.717, 1.165) is 22.5 Å². The Morgan fingerprint density at radius 2 is 1.67 bits per heavy atom. The van der Waals surface area contributed by atoms with Crippen molar-refractivity contribution < 1.29 is 4.39 Å². The molecule has 0 aliphatic rings. The summed E-state index contributed by atoms with van der Waals surface area (Å²) in [5.74, 6) is 0.391.